The number of rotatable bonds is 4. The predicted molar refractivity (Wildman–Crippen MR) is 34.4 cm³/mol. The molecule has 0 saturated carbocycles. The fourth-order valence-electron chi connectivity index (χ4n) is 0.254. The minimum atomic E-state index is 0.212. The molecular formula is C6H16NO2+. The molecule has 0 heterocycles. The van der Waals surface area contributed by atoms with Crippen molar-refractivity contribution >= 4 is 0 Å². The summed E-state index contributed by atoms with van der Waals surface area (Å²) >= 11 is 0. The summed E-state index contributed by atoms with van der Waals surface area (Å²) in [5, 5.41) is 0. The molecule has 0 fully saturated rings. The SMILES string of the molecule is CC(C)O[NH2+]OC(C)C. The van der Waals surface area contributed by atoms with Crippen LogP contribution in [-0.4, -0.2) is 12.2 Å². The van der Waals surface area contributed by atoms with E-state index in [4.69, 9.17) is 9.68 Å². The summed E-state index contributed by atoms with van der Waals surface area (Å²) in [6.07, 6.45) is 0.424. The molecule has 0 aliphatic rings. The van der Waals surface area contributed by atoms with E-state index in [-0.39, 0.29) is 12.2 Å². The summed E-state index contributed by atoms with van der Waals surface area (Å²) in [5.41, 5.74) is 1.40. The van der Waals surface area contributed by atoms with Crippen LogP contribution in [0.25, 0.3) is 0 Å². The first-order valence-corrected chi connectivity index (χ1v) is 3.25. The molecule has 0 atom stereocenters. The largest absolute Gasteiger partial charge is 0.169 e. The van der Waals surface area contributed by atoms with Crippen LogP contribution >= 0.6 is 0 Å². The van der Waals surface area contributed by atoms with E-state index in [2.05, 4.69) is 0 Å². The second-order valence-corrected chi connectivity index (χ2v) is 2.47. The van der Waals surface area contributed by atoms with Gasteiger partial charge in [-0.2, -0.15) is 9.68 Å². The fraction of sp³-hybridized carbons (Fsp3) is 1.00. The summed E-state index contributed by atoms with van der Waals surface area (Å²) in [5.74, 6) is 0. The first-order chi connectivity index (χ1) is 4.13. The van der Waals surface area contributed by atoms with Crippen LogP contribution in [0.1, 0.15) is 27.7 Å². The molecule has 3 heteroatoms. The van der Waals surface area contributed by atoms with Gasteiger partial charge in [-0.3, -0.25) is 0 Å². The van der Waals surface area contributed by atoms with Crippen LogP contribution in [-0.2, 0) is 9.68 Å². The van der Waals surface area contributed by atoms with Crippen molar-refractivity contribution in [3.8, 4) is 0 Å². The highest BCUT2D eigenvalue weighted by Crippen LogP contribution is 1.79. The molecule has 0 radical (unpaired) electrons. The van der Waals surface area contributed by atoms with Crippen LogP contribution < -0.4 is 5.64 Å². The van der Waals surface area contributed by atoms with Gasteiger partial charge < -0.3 is 0 Å². The van der Waals surface area contributed by atoms with Crippen LogP contribution in [0.2, 0.25) is 0 Å². The maximum Gasteiger partial charge on any atom is 0.115 e. The van der Waals surface area contributed by atoms with Gasteiger partial charge in [0.15, 0.2) is 0 Å². The van der Waals surface area contributed by atoms with E-state index in [1.807, 2.05) is 27.7 Å². The normalized spacial score (nSPS) is 11.3. The summed E-state index contributed by atoms with van der Waals surface area (Å²) in [7, 11) is 0. The molecule has 0 aliphatic carbocycles. The quantitative estimate of drug-likeness (QED) is 0.558. The van der Waals surface area contributed by atoms with Gasteiger partial charge in [-0.15, -0.1) is 0 Å². The van der Waals surface area contributed by atoms with E-state index < -0.39 is 0 Å². The lowest BCUT2D eigenvalue weighted by molar-refractivity contribution is -1.08. The highest BCUT2D eigenvalue weighted by molar-refractivity contribution is 4.25. The van der Waals surface area contributed by atoms with Gasteiger partial charge in [-0.05, 0) is 27.7 Å². The van der Waals surface area contributed by atoms with Crippen molar-refractivity contribution in [2.45, 2.75) is 39.9 Å². The monoisotopic (exact) mass is 134 g/mol. The molecule has 0 spiro atoms. The summed E-state index contributed by atoms with van der Waals surface area (Å²) in [4.78, 5) is 10.0. The van der Waals surface area contributed by atoms with Crippen molar-refractivity contribution in [3.05, 3.63) is 0 Å². The molecule has 0 unspecified atom stereocenters. The minimum absolute atomic E-state index is 0.212. The molecule has 0 amide bonds. The van der Waals surface area contributed by atoms with Crippen molar-refractivity contribution in [1.29, 1.82) is 0 Å². The predicted octanol–water partition coefficient (Wildman–Crippen LogP) is 0.230. The molecule has 0 aromatic carbocycles. The van der Waals surface area contributed by atoms with Crippen LogP contribution in [0.15, 0.2) is 0 Å². The van der Waals surface area contributed by atoms with E-state index in [1.54, 1.807) is 0 Å². The van der Waals surface area contributed by atoms with Crippen molar-refractivity contribution in [2.75, 3.05) is 0 Å². The van der Waals surface area contributed by atoms with Gasteiger partial charge >= 0.3 is 0 Å². The fourth-order valence-corrected chi connectivity index (χ4v) is 0.254. The Balaban J connectivity index is 2.91. The average Bonchev–Trinajstić information content (AvgIpc) is 1.63. The van der Waals surface area contributed by atoms with E-state index in [9.17, 15) is 0 Å². The molecule has 0 rings (SSSR count). The molecule has 0 saturated heterocycles. The van der Waals surface area contributed by atoms with Gasteiger partial charge in [-0.25, -0.2) is 0 Å². The highest BCUT2D eigenvalue weighted by Gasteiger charge is 1.98. The Hall–Kier alpha value is -0.120. The Labute approximate surface area is 56.2 Å². The average molecular weight is 134 g/mol. The smallest absolute Gasteiger partial charge is 0.115 e. The molecule has 0 aromatic heterocycles. The first-order valence-electron chi connectivity index (χ1n) is 3.25. The minimum Gasteiger partial charge on any atom is -0.169 e. The highest BCUT2D eigenvalue weighted by atomic mass is 16.9. The van der Waals surface area contributed by atoms with Gasteiger partial charge in [0.05, 0.1) is 0 Å². The Bertz CT molecular complexity index is 56.1. The second-order valence-electron chi connectivity index (χ2n) is 2.47. The topological polar surface area (TPSA) is 35.1 Å². The Morgan fingerprint density at radius 3 is 1.44 bits per heavy atom. The lowest BCUT2D eigenvalue weighted by Gasteiger charge is -2.04. The van der Waals surface area contributed by atoms with E-state index in [1.165, 1.54) is 5.64 Å². The molecule has 0 aliphatic heterocycles. The second kappa shape index (κ2) is 4.73. The van der Waals surface area contributed by atoms with E-state index >= 15 is 0 Å². The number of hydrogen-bond donors (Lipinski definition) is 1. The molecule has 3 nitrogen and oxygen atoms in total. The Kier molecular flexibility index (Phi) is 4.67. The zero-order valence-electron chi connectivity index (χ0n) is 6.55. The summed E-state index contributed by atoms with van der Waals surface area (Å²) < 4.78 is 0. The standard InChI is InChI=1S/C6H16NO2/c1-5(2)8-7-9-6(3)4/h5-6H,7H2,1-4H3/q+1. The zero-order chi connectivity index (χ0) is 7.28. The molecule has 56 valence electrons. The van der Waals surface area contributed by atoms with Gasteiger partial charge in [0.2, 0.25) is 0 Å². The molecule has 0 bridgehead atoms. The van der Waals surface area contributed by atoms with Crippen LogP contribution in [0.4, 0.5) is 0 Å². The third kappa shape index (κ3) is 7.88. The van der Waals surface area contributed by atoms with E-state index in [0.717, 1.165) is 0 Å². The molecule has 2 N–H and O–H groups in total. The Morgan fingerprint density at radius 1 is 0.889 bits per heavy atom. The number of quaternary nitrogens is 1. The summed E-state index contributed by atoms with van der Waals surface area (Å²) in [6.45, 7) is 7.83. The number of nitrogens with two attached hydrogens (primary N) is 1. The van der Waals surface area contributed by atoms with Crippen LogP contribution in [0.3, 0.4) is 0 Å². The zero-order valence-corrected chi connectivity index (χ0v) is 6.55. The third-order valence-electron chi connectivity index (χ3n) is 0.655. The van der Waals surface area contributed by atoms with Gasteiger partial charge in [-0.1, -0.05) is 5.64 Å². The summed E-state index contributed by atoms with van der Waals surface area (Å²) in [6, 6.07) is 0. The molecular weight excluding hydrogens is 118 g/mol. The lowest BCUT2D eigenvalue weighted by Crippen LogP contribution is -2.84. The van der Waals surface area contributed by atoms with Crippen molar-refractivity contribution < 1.29 is 15.3 Å². The maximum absolute atomic E-state index is 5.01. The van der Waals surface area contributed by atoms with Gasteiger partial charge in [0, 0.05) is 0 Å². The Morgan fingerprint density at radius 2 is 1.22 bits per heavy atom. The maximum atomic E-state index is 5.01. The van der Waals surface area contributed by atoms with Crippen LogP contribution in [0, 0.1) is 0 Å². The molecule has 9 heavy (non-hydrogen) atoms. The van der Waals surface area contributed by atoms with Crippen molar-refractivity contribution in [1.82, 2.24) is 0 Å². The van der Waals surface area contributed by atoms with Gasteiger partial charge in [0.25, 0.3) is 0 Å². The van der Waals surface area contributed by atoms with Gasteiger partial charge in [0.1, 0.15) is 12.2 Å². The van der Waals surface area contributed by atoms with Crippen molar-refractivity contribution in [3.63, 3.8) is 0 Å². The number of hydrogen-bond acceptors (Lipinski definition) is 2. The van der Waals surface area contributed by atoms with Crippen LogP contribution in [0.5, 0.6) is 0 Å². The third-order valence-corrected chi connectivity index (χ3v) is 0.655. The first kappa shape index (κ1) is 8.88. The lowest BCUT2D eigenvalue weighted by atomic mass is 10.5. The molecule has 0 aromatic rings. The van der Waals surface area contributed by atoms with E-state index in [0.29, 0.717) is 0 Å². The van der Waals surface area contributed by atoms with Crippen molar-refractivity contribution in [2.24, 2.45) is 0 Å².